The summed E-state index contributed by atoms with van der Waals surface area (Å²) >= 11 is 0. The van der Waals surface area contributed by atoms with E-state index in [9.17, 15) is 4.48 Å². The Balaban J connectivity index is 2.58. The molecule has 9 heavy (non-hydrogen) atoms. The maximum atomic E-state index is 11.3. The molecule has 48 valence electrons. The van der Waals surface area contributed by atoms with E-state index in [0.717, 1.165) is 18.4 Å². The Morgan fingerprint density at radius 1 is 1.56 bits per heavy atom. The quantitative estimate of drug-likeness (QED) is 0.476. The van der Waals surface area contributed by atoms with Gasteiger partial charge in [0.25, 0.3) is 0 Å². The van der Waals surface area contributed by atoms with E-state index in [-0.39, 0.29) is 0 Å². The van der Waals surface area contributed by atoms with Gasteiger partial charge in [-0.3, -0.25) is 0 Å². The molecule has 1 aliphatic carbocycles. The molecule has 0 unspecified atom stereocenters. The first-order valence-electron chi connectivity index (χ1n) is 2.94. The zero-order chi connectivity index (χ0) is 6.53. The summed E-state index contributed by atoms with van der Waals surface area (Å²) in [4.78, 5) is 0. The zero-order valence-corrected chi connectivity index (χ0v) is 5.05. The lowest BCUT2D eigenvalue weighted by Gasteiger charge is -1.97. The highest BCUT2D eigenvalue weighted by molar-refractivity contribution is 5.81. The molecule has 0 aromatic rings. The molecule has 1 rings (SSSR count). The predicted molar refractivity (Wildman–Crippen MR) is 36.1 cm³/mol. The lowest BCUT2D eigenvalue weighted by atomic mass is 10.1. The van der Waals surface area contributed by atoms with Crippen molar-refractivity contribution in [1.82, 2.24) is 0 Å². The van der Waals surface area contributed by atoms with Crippen molar-refractivity contribution in [3.63, 3.8) is 0 Å². The summed E-state index contributed by atoms with van der Waals surface area (Å²) in [7, 11) is 0. The van der Waals surface area contributed by atoms with Gasteiger partial charge in [0, 0.05) is 0 Å². The molecule has 0 aromatic carbocycles. The van der Waals surface area contributed by atoms with Crippen molar-refractivity contribution in [1.29, 1.82) is 0 Å². The van der Waals surface area contributed by atoms with E-state index in [1.54, 1.807) is 0 Å². The molecule has 0 radical (unpaired) electrons. The Bertz CT molecular complexity index is 164. The second kappa shape index (κ2) is 3.17. The molecule has 1 aliphatic rings. The van der Waals surface area contributed by atoms with Crippen molar-refractivity contribution in [2.24, 2.45) is 5.21 Å². The second-order valence-electron chi connectivity index (χ2n) is 1.91. The smallest absolute Gasteiger partial charge is 0.0668 e. The van der Waals surface area contributed by atoms with Crippen molar-refractivity contribution in [3.05, 3.63) is 23.8 Å². The summed E-state index contributed by atoms with van der Waals surface area (Å²) in [5.74, 6) is 0. The summed E-state index contributed by atoms with van der Waals surface area (Å²) in [6.45, 7) is 0. The highest BCUT2D eigenvalue weighted by Gasteiger charge is 1.91. The van der Waals surface area contributed by atoms with E-state index < -0.39 is 0 Å². The Hall–Kier alpha value is -0.920. The van der Waals surface area contributed by atoms with Crippen LogP contribution in [0.3, 0.4) is 0 Å². The molecule has 0 saturated heterocycles. The zero-order valence-electron chi connectivity index (χ0n) is 5.05. The second-order valence-corrected chi connectivity index (χ2v) is 1.91. The maximum absolute atomic E-state index is 11.3. The van der Waals surface area contributed by atoms with Crippen molar-refractivity contribution < 1.29 is 4.48 Å². The van der Waals surface area contributed by atoms with Crippen molar-refractivity contribution in [2.45, 2.75) is 12.8 Å². The van der Waals surface area contributed by atoms with Crippen LogP contribution in [0.15, 0.2) is 29.0 Å². The van der Waals surface area contributed by atoms with Crippen LogP contribution in [-0.2, 0) is 0 Å². The van der Waals surface area contributed by atoms with Crippen LogP contribution in [0.4, 0.5) is 4.48 Å². The van der Waals surface area contributed by atoms with Crippen molar-refractivity contribution >= 4 is 6.21 Å². The van der Waals surface area contributed by atoms with E-state index in [4.69, 9.17) is 0 Å². The van der Waals surface area contributed by atoms with Crippen LogP contribution < -0.4 is 0 Å². The molecule has 0 amide bonds. The first-order valence-corrected chi connectivity index (χ1v) is 2.94. The molecule has 0 aromatic heterocycles. The number of hydrogen-bond acceptors (Lipinski definition) is 1. The summed E-state index contributed by atoms with van der Waals surface area (Å²) in [6, 6.07) is 0. The molecule has 0 bridgehead atoms. The molecule has 0 spiro atoms. The number of halogens is 1. The minimum Gasteiger partial charge on any atom is -0.0950 e. The van der Waals surface area contributed by atoms with Gasteiger partial charge in [-0.25, -0.2) is 0 Å². The third-order valence-electron chi connectivity index (χ3n) is 1.22. The van der Waals surface area contributed by atoms with Gasteiger partial charge in [-0.05, 0) is 18.4 Å². The first-order chi connectivity index (χ1) is 4.43. The summed E-state index contributed by atoms with van der Waals surface area (Å²) in [5.41, 5.74) is 0.865. The molecular weight excluding hydrogens is 117 g/mol. The Morgan fingerprint density at radius 2 is 2.44 bits per heavy atom. The maximum Gasteiger partial charge on any atom is 0.0668 e. The summed E-state index contributed by atoms with van der Waals surface area (Å²) < 4.78 is 11.3. The minimum absolute atomic E-state index is 0.865. The van der Waals surface area contributed by atoms with Crippen molar-refractivity contribution in [2.75, 3.05) is 0 Å². The highest BCUT2D eigenvalue weighted by atomic mass is 19.2. The topological polar surface area (TPSA) is 12.4 Å². The van der Waals surface area contributed by atoms with Gasteiger partial charge < -0.3 is 0 Å². The SMILES string of the molecule is F/N=C/C1=CCCC=C1. The van der Waals surface area contributed by atoms with Crippen LogP contribution in [0, 0.1) is 0 Å². The molecule has 2 heteroatoms. The molecule has 0 saturated carbocycles. The Labute approximate surface area is 53.5 Å². The third kappa shape index (κ3) is 1.80. The molecule has 1 nitrogen and oxygen atoms in total. The molecular formula is C7H8FN. The van der Waals surface area contributed by atoms with Gasteiger partial charge in [0.1, 0.15) is 0 Å². The fraction of sp³-hybridized carbons (Fsp3) is 0.286. The molecule has 0 atom stereocenters. The fourth-order valence-electron chi connectivity index (χ4n) is 0.786. The van der Waals surface area contributed by atoms with Crippen molar-refractivity contribution in [3.8, 4) is 0 Å². The highest BCUT2D eigenvalue weighted by Crippen LogP contribution is 2.06. The Kier molecular flexibility index (Phi) is 2.19. The molecule has 0 aliphatic heterocycles. The third-order valence-corrected chi connectivity index (χ3v) is 1.22. The van der Waals surface area contributed by atoms with Crippen LogP contribution in [-0.4, -0.2) is 6.21 Å². The van der Waals surface area contributed by atoms with Gasteiger partial charge in [-0.2, -0.15) is 0 Å². The van der Waals surface area contributed by atoms with E-state index in [0.29, 0.717) is 0 Å². The van der Waals surface area contributed by atoms with Crippen LogP contribution in [0.5, 0.6) is 0 Å². The minimum atomic E-state index is 0.865. The van der Waals surface area contributed by atoms with Crippen LogP contribution in [0.25, 0.3) is 0 Å². The summed E-state index contributed by atoms with van der Waals surface area (Å²) in [6.07, 6.45) is 9.11. The standard InChI is InChI=1S/C7H8FN/c8-9-6-7-4-2-1-3-5-7/h2,4-6H,1,3H2/b9-6+. The molecule has 0 fully saturated rings. The van der Waals surface area contributed by atoms with E-state index in [2.05, 4.69) is 5.21 Å². The van der Waals surface area contributed by atoms with Crippen LogP contribution >= 0.6 is 0 Å². The monoisotopic (exact) mass is 125 g/mol. The van der Waals surface area contributed by atoms with Gasteiger partial charge in [0.05, 0.1) is 6.21 Å². The van der Waals surface area contributed by atoms with Gasteiger partial charge >= 0.3 is 0 Å². The average Bonchev–Trinajstić information content (AvgIpc) is 1.91. The predicted octanol–water partition coefficient (Wildman–Crippen LogP) is 2.22. The van der Waals surface area contributed by atoms with E-state index in [1.807, 2.05) is 18.2 Å². The summed E-state index contributed by atoms with van der Waals surface area (Å²) in [5, 5.41) is 2.41. The number of nitrogens with zero attached hydrogens (tertiary/aromatic N) is 1. The first kappa shape index (κ1) is 6.20. The average molecular weight is 125 g/mol. The molecule has 0 heterocycles. The lowest BCUT2D eigenvalue weighted by molar-refractivity contribution is 0.541. The van der Waals surface area contributed by atoms with Gasteiger partial charge in [0.2, 0.25) is 0 Å². The van der Waals surface area contributed by atoms with E-state index in [1.165, 1.54) is 6.21 Å². The Morgan fingerprint density at radius 3 is 3.00 bits per heavy atom. The number of hydrogen-bond donors (Lipinski definition) is 0. The fourth-order valence-corrected chi connectivity index (χ4v) is 0.786. The van der Waals surface area contributed by atoms with E-state index >= 15 is 0 Å². The van der Waals surface area contributed by atoms with Gasteiger partial charge in [0.15, 0.2) is 0 Å². The normalized spacial score (nSPS) is 18.6. The van der Waals surface area contributed by atoms with Crippen LogP contribution in [0.1, 0.15) is 12.8 Å². The number of rotatable bonds is 1. The van der Waals surface area contributed by atoms with Gasteiger partial charge in [-0.15, -0.1) is 0 Å². The number of allylic oxidation sites excluding steroid dienone is 4. The largest absolute Gasteiger partial charge is 0.0950 e. The lowest BCUT2D eigenvalue weighted by Crippen LogP contribution is -1.83. The van der Waals surface area contributed by atoms with Gasteiger partial charge in [-0.1, -0.05) is 27.9 Å². The van der Waals surface area contributed by atoms with Crippen LogP contribution in [0.2, 0.25) is 0 Å². The molecule has 0 N–H and O–H groups in total.